The Morgan fingerprint density at radius 1 is 0.909 bits per heavy atom. The van der Waals surface area contributed by atoms with Crippen LogP contribution in [0.4, 0.5) is 0 Å². The second-order valence-corrected chi connectivity index (χ2v) is 9.42. The fraction of sp³-hybridized carbons (Fsp3) is 0.818. The van der Waals surface area contributed by atoms with Crippen molar-refractivity contribution in [1.29, 1.82) is 0 Å². The van der Waals surface area contributed by atoms with Crippen molar-refractivity contribution in [3.8, 4) is 0 Å². The quantitative estimate of drug-likeness (QED) is 0.0753. The lowest BCUT2D eigenvalue weighted by atomic mass is 10.1. The molecule has 0 aliphatic carbocycles. The molecule has 10 nitrogen and oxygen atoms in total. The molecule has 0 spiro atoms. The Kier molecular flexibility index (Phi) is 19.3. The molecular formula is C22H42NO9P. The number of phosphoric ester groups is 1. The minimum Gasteiger partial charge on any atom is -0.480 e. The zero-order valence-electron chi connectivity index (χ0n) is 19.7. The molecule has 0 aliphatic heterocycles. The third-order valence-electron chi connectivity index (χ3n) is 4.74. The Bertz CT molecular complexity index is 600. The predicted octanol–water partition coefficient (Wildman–Crippen LogP) is 3.69. The Labute approximate surface area is 197 Å². The van der Waals surface area contributed by atoms with Gasteiger partial charge in [-0.25, -0.2) is 4.57 Å². The van der Waals surface area contributed by atoms with E-state index in [1.807, 2.05) is 0 Å². The molecule has 0 fully saturated rings. The Hall–Kier alpha value is -1.29. The molecule has 0 saturated carbocycles. The van der Waals surface area contributed by atoms with E-state index in [1.165, 1.54) is 25.7 Å². The summed E-state index contributed by atoms with van der Waals surface area (Å²) in [5, 5.41) is 18.3. The molecule has 0 rings (SSSR count). The average Bonchev–Trinajstić information content (AvgIpc) is 2.77. The molecule has 0 heterocycles. The van der Waals surface area contributed by atoms with Gasteiger partial charge in [0.15, 0.2) is 0 Å². The molecule has 0 aliphatic rings. The van der Waals surface area contributed by atoms with E-state index in [4.69, 9.17) is 15.6 Å². The number of carbonyl (C=O) groups excluding carboxylic acids is 1. The number of hydrogen-bond acceptors (Lipinski definition) is 8. The maximum atomic E-state index is 11.7. The van der Waals surface area contributed by atoms with Gasteiger partial charge in [-0.1, -0.05) is 57.6 Å². The number of ether oxygens (including phenoxy) is 1. The molecule has 0 radical (unpaired) electrons. The van der Waals surface area contributed by atoms with Crippen molar-refractivity contribution in [3.05, 3.63) is 12.2 Å². The number of rotatable bonds is 22. The van der Waals surface area contributed by atoms with E-state index in [0.29, 0.717) is 6.42 Å². The monoisotopic (exact) mass is 495 g/mol. The van der Waals surface area contributed by atoms with Crippen LogP contribution in [0.1, 0.15) is 84.0 Å². The second-order valence-electron chi connectivity index (χ2n) is 7.97. The fourth-order valence-electron chi connectivity index (χ4n) is 2.76. The third kappa shape index (κ3) is 21.0. The Morgan fingerprint density at radius 2 is 1.45 bits per heavy atom. The van der Waals surface area contributed by atoms with E-state index in [9.17, 15) is 24.2 Å². The van der Waals surface area contributed by atoms with Gasteiger partial charge in [-0.2, -0.15) is 0 Å². The van der Waals surface area contributed by atoms with Crippen LogP contribution in [0.3, 0.4) is 0 Å². The zero-order valence-corrected chi connectivity index (χ0v) is 20.6. The standard InChI is InChI=1S/C22H42NO9P/c1-2-3-4-5-6-7-8-9-10-11-12-13-14-15-21(25)30-16-19(24)17-31-33(28,29)32-18-20(23)22(26)27/h7-8,19-20,24H,2-6,9-18,23H2,1H3,(H,26,27)(H,28,29)/b8-7-/t19-,20+/m1/s1. The van der Waals surface area contributed by atoms with E-state index in [-0.39, 0.29) is 6.42 Å². The summed E-state index contributed by atoms with van der Waals surface area (Å²) >= 11 is 0. The van der Waals surface area contributed by atoms with Crippen LogP contribution in [0.2, 0.25) is 0 Å². The summed E-state index contributed by atoms with van der Waals surface area (Å²) in [6.45, 7) is 0.461. The summed E-state index contributed by atoms with van der Waals surface area (Å²) < 4.78 is 25.4. The molecule has 194 valence electrons. The first-order valence-electron chi connectivity index (χ1n) is 11.8. The maximum absolute atomic E-state index is 11.7. The smallest absolute Gasteiger partial charge is 0.472 e. The first-order valence-corrected chi connectivity index (χ1v) is 13.3. The molecule has 0 aromatic heterocycles. The minimum absolute atomic E-state index is 0.236. The zero-order chi connectivity index (χ0) is 25.0. The van der Waals surface area contributed by atoms with Gasteiger partial charge in [0.2, 0.25) is 0 Å². The average molecular weight is 496 g/mol. The first-order chi connectivity index (χ1) is 15.7. The number of carbonyl (C=O) groups is 2. The van der Waals surface area contributed by atoms with Crippen molar-refractivity contribution in [2.75, 3.05) is 19.8 Å². The van der Waals surface area contributed by atoms with Crippen LogP contribution in [-0.4, -0.2) is 59.0 Å². The number of carboxylic acid groups (broad SMARTS) is 1. The van der Waals surface area contributed by atoms with Crippen LogP contribution in [0.5, 0.6) is 0 Å². The van der Waals surface area contributed by atoms with Crippen LogP contribution in [-0.2, 0) is 27.9 Å². The third-order valence-corrected chi connectivity index (χ3v) is 5.69. The lowest BCUT2D eigenvalue weighted by molar-refractivity contribution is -0.147. The van der Waals surface area contributed by atoms with Gasteiger partial charge in [0, 0.05) is 6.42 Å². The van der Waals surface area contributed by atoms with Gasteiger partial charge < -0.3 is 25.6 Å². The number of aliphatic hydroxyl groups excluding tert-OH is 1. The highest BCUT2D eigenvalue weighted by Crippen LogP contribution is 2.43. The summed E-state index contributed by atoms with van der Waals surface area (Å²) in [5.41, 5.74) is 5.15. The summed E-state index contributed by atoms with van der Waals surface area (Å²) in [6, 6.07) is -1.48. The van der Waals surface area contributed by atoms with Crippen LogP contribution >= 0.6 is 7.82 Å². The highest BCUT2D eigenvalue weighted by Gasteiger charge is 2.26. The molecule has 33 heavy (non-hydrogen) atoms. The highest BCUT2D eigenvalue weighted by atomic mass is 31.2. The van der Waals surface area contributed by atoms with Gasteiger partial charge >= 0.3 is 19.8 Å². The van der Waals surface area contributed by atoms with Gasteiger partial charge in [0.25, 0.3) is 0 Å². The lowest BCUT2D eigenvalue weighted by Gasteiger charge is -2.16. The van der Waals surface area contributed by atoms with Crippen molar-refractivity contribution in [3.63, 3.8) is 0 Å². The van der Waals surface area contributed by atoms with Crippen molar-refractivity contribution < 1.29 is 43.0 Å². The summed E-state index contributed by atoms with van der Waals surface area (Å²) in [6.07, 6.45) is 15.8. The molecular weight excluding hydrogens is 453 g/mol. The topological polar surface area (TPSA) is 166 Å². The van der Waals surface area contributed by atoms with Crippen molar-refractivity contribution in [2.45, 2.75) is 96.1 Å². The van der Waals surface area contributed by atoms with Gasteiger partial charge in [-0.05, 0) is 32.1 Å². The van der Waals surface area contributed by atoms with Gasteiger partial charge in [-0.15, -0.1) is 0 Å². The fourth-order valence-corrected chi connectivity index (χ4v) is 3.54. The molecule has 11 heteroatoms. The number of esters is 1. The number of hydrogen-bond donors (Lipinski definition) is 4. The molecule has 0 aromatic rings. The highest BCUT2D eigenvalue weighted by molar-refractivity contribution is 7.47. The first kappa shape index (κ1) is 31.7. The number of carboxylic acids is 1. The predicted molar refractivity (Wildman–Crippen MR) is 125 cm³/mol. The largest absolute Gasteiger partial charge is 0.480 e. The normalized spacial score (nSPS) is 15.3. The summed E-state index contributed by atoms with van der Waals surface area (Å²) in [7, 11) is -4.58. The maximum Gasteiger partial charge on any atom is 0.472 e. The summed E-state index contributed by atoms with van der Waals surface area (Å²) in [4.78, 5) is 31.6. The number of allylic oxidation sites excluding steroid dienone is 2. The second kappa shape index (κ2) is 20.1. The van der Waals surface area contributed by atoms with E-state index in [0.717, 1.165) is 38.5 Å². The molecule has 0 aromatic carbocycles. The number of phosphoric acid groups is 1. The molecule has 0 saturated heterocycles. The van der Waals surface area contributed by atoms with Gasteiger partial charge in [0.05, 0.1) is 13.2 Å². The Morgan fingerprint density at radius 3 is 2.06 bits per heavy atom. The van der Waals surface area contributed by atoms with E-state index in [1.54, 1.807) is 0 Å². The summed E-state index contributed by atoms with van der Waals surface area (Å²) in [5.74, 6) is -1.86. The van der Waals surface area contributed by atoms with E-state index in [2.05, 4.69) is 28.1 Å². The van der Waals surface area contributed by atoms with Crippen LogP contribution in [0.25, 0.3) is 0 Å². The van der Waals surface area contributed by atoms with Gasteiger partial charge in [0.1, 0.15) is 18.8 Å². The number of unbranched alkanes of at least 4 members (excludes halogenated alkanes) is 9. The van der Waals surface area contributed by atoms with E-state index < -0.39 is 51.7 Å². The molecule has 5 N–H and O–H groups in total. The number of aliphatic carboxylic acids is 1. The Balaban J connectivity index is 3.66. The van der Waals surface area contributed by atoms with Crippen LogP contribution in [0, 0.1) is 0 Å². The van der Waals surface area contributed by atoms with Crippen molar-refractivity contribution in [2.24, 2.45) is 5.73 Å². The number of aliphatic hydroxyl groups is 1. The van der Waals surface area contributed by atoms with Crippen molar-refractivity contribution in [1.82, 2.24) is 0 Å². The molecule has 3 atom stereocenters. The van der Waals surface area contributed by atoms with E-state index >= 15 is 0 Å². The molecule has 0 bridgehead atoms. The van der Waals surface area contributed by atoms with Gasteiger partial charge in [-0.3, -0.25) is 18.6 Å². The van der Waals surface area contributed by atoms with Crippen LogP contribution in [0.15, 0.2) is 12.2 Å². The van der Waals surface area contributed by atoms with Crippen molar-refractivity contribution >= 4 is 19.8 Å². The van der Waals surface area contributed by atoms with Crippen LogP contribution < -0.4 is 5.73 Å². The SMILES string of the molecule is CCCCCC/C=C\CCCCCCCC(=O)OC[C@@H](O)COP(=O)(O)OC[C@H](N)C(=O)O. The number of nitrogens with two attached hydrogens (primary N) is 1. The minimum atomic E-state index is -4.58. The lowest BCUT2D eigenvalue weighted by Crippen LogP contribution is -2.34. The molecule has 0 amide bonds. The molecule has 1 unspecified atom stereocenters.